The first-order valence-electron chi connectivity index (χ1n) is 9.38. The molecule has 1 aliphatic rings. The molecule has 27 heavy (non-hydrogen) atoms. The molecule has 1 N–H and O–H groups in total. The lowest BCUT2D eigenvalue weighted by molar-refractivity contribution is -0.126. The molecule has 0 unspecified atom stereocenters. The molecule has 0 aromatic heterocycles. The quantitative estimate of drug-likeness (QED) is 0.795. The number of rotatable bonds is 7. The highest BCUT2D eigenvalue weighted by molar-refractivity contribution is 7.88. The van der Waals surface area contributed by atoms with Crippen LogP contribution in [-0.4, -0.2) is 38.3 Å². The fraction of sp³-hybridized carbons (Fsp3) is 0.381. The fourth-order valence-corrected chi connectivity index (χ4v) is 4.95. The standard InChI is InChI=1S/C21H26N2O3S/c24-21(22-14-11-18-7-3-1-4-8-18)20-12-15-23(16-13-20)27(25,26)17-19-9-5-2-6-10-19/h1-10,20H,11-17H2,(H,22,24). The monoisotopic (exact) mass is 386 g/mol. The summed E-state index contributed by atoms with van der Waals surface area (Å²) in [6, 6.07) is 19.2. The first kappa shape index (κ1) is 19.6. The molecule has 1 fully saturated rings. The lowest BCUT2D eigenvalue weighted by Crippen LogP contribution is -2.43. The van der Waals surface area contributed by atoms with Gasteiger partial charge in [0.05, 0.1) is 5.75 Å². The lowest BCUT2D eigenvalue weighted by atomic mass is 9.97. The van der Waals surface area contributed by atoms with Crippen LogP contribution in [0.3, 0.4) is 0 Å². The van der Waals surface area contributed by atoms with Gasteiger partial charge in [0.2, 0.25) is 15.9 Å². The molecule has 0 aliphatic carbocycles. The van der Waals surface area contributed by atoms with E-state index in [-0.39, 0.29) is 17.6 Å². The van der Waals surface area contributed by atoms with Gasteiger partial charge in [-0.1, -0.05) is 60.7 Å². The molecule has 5 nitrogen and oxygen atoms in total. The Hall–Kier alpha value is -2.18. The molecule has 0 radical (unpaired) electrons. The molecular formula is C21H26N2O3S. The summed E-state index contributed by atoms with van der Waals surface area (Å²) in [5.74, 6) is -0.0584. The van der Waals surface area contributed by atoms with Crippen molar-refractivity contribution in [3.8, 4) is 0 Å². The van der Waals surface area contributed by atoms with E-state index in [2.05, 4.69) is 5.32 Å². The highest BCUT2D eigenvalue weighted by atomic mass is 32.2. The van der Waals surface area contributed by atoms with Crippen LogP contribution in [0.25, 0.3) is 0 Å². The van der Waals surface area contributed by atoms with E-state index in [1.807, 2.05) is 60.7 Å². The van der Waals surface area contributed by atoms with Gasteiger partial charge < -0.3 is 5.32 Å². The van der Waals surface area contributed by atoms with E-state index in [1.165, 1.54) is 9.87 Å². The van der Waals surface area contributed by atoms with Gasteiger partial charge in [-0.3, -0.25) is 4.79 Å². The van der Waals surface area contributed by atoms with E-state index in [4.69, 9.17) is 0 Å². The van der Waals surface area contributed by atoms with Gasteiger partial charge >= 0.3 is 0 Å². The number of carbonyl (C=O) groups excluding carboxylic acids is 1. The summed E-state index contributed by atoms with van der Waals surface area (Å²) < 4.78 is 26.7. The van der Waals surface area contributed by atoms with Gasteiger partial charge in [0.25, 0.3) is 0 Å². The van der Waals surface area contributed by atoms with E-state index in [0.717, 1.165) is 12.0 Å². The van der Waals surface area contributed by atoms with Crippen LogP contribution >= 0.6 is 0 Å². The Morgan fingerprint density at radius 1 is 0.926 bits per heavy atom. The molecule has 1 amide bonds. The van der Waals surface area contributed by atoms with Gasteiger partial charge in [0, 0.05) is 25.6 Å². The first-order chi connectivity index (χ1) is 13.0. The Morgan fingerprint density at radius 3 is 2.07 bits per heavy atom. The Balaban J connectivity index is 1.44. The van der Waals surface area contributed by atoms with Crippen molar-refractivity contribution >= 4 is 15.9 Å². The summed E-state index contributed by atoms with van der Waals surface area (Å²) in [7, 11) is -3.34. The van der Waals surface area contributed by atoms with Crippen LogP contribution in [-0.2, 0) is 27.0 Å². The molecule has 2 aromatic rings. The number of sulfonamides is 1. The highest BCUT2D eigenvalue weighted by Gasteiger charge is 2.30. The van der Waals surface area contributed by atoms with Crippen molar-refractivity contribution in [1.82, 2.24) is 9.62 Å². The molecule has 1 saturated heterocycles. The molecule has 0 bridgehead atoms. The number of nitrogens with one attached hydrogen (secondary N) is 1. The van der Waals surface area contributed by atoms with Gasteiger partial charge in [-0.05, 0) is 30.4 Å². The molecule has 0 saturated carbocycles. The van der Waals surface area contributed by atoms with E-state index < -0.39 is 10.0 Å². The Morgan fingerprint density at radius 2 is 1.48 bits per heavy atom. The van der Waals surface area contributed by atoms with Crippen LogP contribution in [0, 0.1) is 5.92 Å². The summed E-state index contributed by atoms with van der Waals surface area (Å²) >= 11 is 0. The zero-order valence-corrected chi connectivity index (χ0v) is 16.2. The normalized spacial score (nSPS) is 16.1. The maximum atomic E-state index is 12.6. The van der Waals surface area contributed by atoms with Crippen LogP contribution in [0.15, 0.2) is 60.7 Å². The summed E-state index contributed by atoms with van der Waals surface area (Å²) in [5, 5.41) is 2.99. The fourth-order valence-electron chi connectivity index (χ4n) is 3.39. The highest BCUT2D eigenvalue weighted by Crippen LogP contribution is 2.21. The second kappa shape index (κ2) is 9.15. The minimum absolute atomic E-state index is 0.0157. The maximum Gasteiger partial charge on any atom is 0.223 e. The average molecular weight is 387 g/mol. The number of piperidine rings is 1. The van der Waals surface area contributed by atoms with Crippen LogP contribution in [0.1, 0.15) is 24.0 Å². The molecule has 1 aliphatic heterocycles. The van der Waals surface area contributed by atoms with Crippen molar-refractivity contribution in [2.24, 2.45) is 5.92 Å². The number of hydrogen-bond donors (Lipinski definition) is 1. The number of nitrogens with zero attached hydrogens (tertiary/aromatic N) is 1. The second-order valence-electron chi connectivity index (χ2n) is 6.94. The van der Waals surface area contributed by atoms with E-state index >= 15 is 0 Å². The molecule has 144 valence electrons. The Labute approximate surface area is 161 Å². The zero-order valence-electron chi connectivity index (χ0n) is 15.4. The first-order valence-corrected chi connectivity index (χ1v) is 11.0. The van der Waals surface area contributed by atoms with Crippen molar-refractivity contribution in [2.75, 3.05) is 19.6 Å². The van der Waals surface area contributed by atoms with Gasteiger partial charge in [-0.15, -0.1) is 0 Å². The molecular weight excluding hydrogens is 360 g/mol. The Bertz CT molecular complexity index is 830. The van der Waals surface area contributed by atoms with Gasteiger partial charge in [-0.2, -0.15) is 0 Å². The maximum absolute atomic E-state index is 12.6. The van der Waals surface area contributed by atoms with Crippen molar-refractivity contribution in [3.63, 3.8) is 0 Å². The molecule has 0 spiro atoms. The zero-order chi connectivity index (χ0) is 19.1. The van der Waals surface area contributed by atoms with Crippen molar-refractivity contribution < 1.29 is 13.2 Å². The molecule has 1 heterocycles. The Kier molecular flexibility index (Phi) is 6.63. The largest absolute Gasteiger partial charge is 0.356 e. The minimum Gasteiger partial charge on any atom is -0.356 e. The molecule has 6 heteroatoms. The smallest absolute Gasteiger partial charge is 0.223 e. The number of amides is 1. The van der Waals surface area contributed by atoms with Crippen molar-refractivity contribution in [3.05, 3.63) is 71.8 Å². The molecule has 3 rings (SSSR count). The summed E-state index contributed by atoms with van der Waals surface area (Å²) in [4.78, 5) is 12.4. The van der Waals surface area contributed by atoms with Gasteiger partial charge in [0.1, 0.15) is 0 Å². The lowest BCUT2D eigenvalue weighted by Gasteiger charge is -2.30. The van der Waals surface area contributed by atoms with Crippen LogP contribution in [0.4, 0.5) is 0 Å². The minimum atomic E-state index is -3.34. The van der Waals surface area contributed by atoms with Crippen molar-refractivity contribution in [2.45, 2.75) is 25.0 Å². The summed E-state index contributed by atoms with van der Waals surface area (Å²) in [5.41, 5.74) is 1.98. The SMILES string of the molecule is O=C(NCCc1ccccc1)C1CCN(S(=O)(=O)Cc2ccccc2)CC1. The summed E-state index contributed by atoms with van der Waals surface area (Å²) in [6.45, 7) is 1.42. The third-order valence-electron chi connectivity index (χ3n) is 4.97. The van der Waals surface area contributed by atoms with Crippen molar-refractivity contribution in [1.29, 1.82) is 0 Å². The third kappa shape index (κ3) is 5.65. The van der Waals surface area contributed by atoms with Crippen LogP contribution in [0.5, 0.6) is 0 Å². The number of carbonyl (C=O) groups is 1. The van der Waals surface area contributed by atoms with Crippen LogP contribution in [0.2, 0.25) is 0 Å². The number of hydrogen-bond acceptors (Lipinski definition) is 3. The van der Waals surface area contributed by atoms with E-state index in [1.54, 1.807) is 0 Å². The second-order valence-corrected chi connectivity index (χ2v) is 8.91. The van der Waals surface area contributed by atoms with E-state index in [0.29, 0.717) is 32.5 Å². The topological polar surface area (TPSA) is 66.5 Å². The third-order valence-corrected chi connectivity index (χ3v) is 6.82. The summed E-state index contributed by atoms with van der Waals surface area (Å²) in [6.07, 6.45) is 1.95. The van der Waals surface area contributed by atoms with Gasteiger partial charge in [0.15, 0.2) is 0 Å². The molecule has 0 atom stereocenters. The van der Waals surface area contributed by atoms with Gasteiger partial charge in [-0.25, -0.2) is 12.7 Å². The molecule has 2 aromatic carbocycles. The predicted octanol–water partition coefficient (Wildman–Crippen LogP) is 2.59. The predicted molar refractivity (Wildman–Crippen MR) is 107 cm³/mol. The average Bonchev–Trinajstić information content (AvgIpc) is 2.69. The van der Waals surface area contributed by atoms with Crippen LogP contribution < -0.4 is 5.32 Å². The number of benzene rings is 2. The van der Waals surface area contributed by atoms with E-state index in [9.17, 15) is 13.2 Å².